The number of nitrogens with zero attached hydrogens (tertiary/aromatic N) is 1. The zero-order valence-electron chi connectivity index (χ0n) is 10.0. The van der Waals surface area contributed by atoms with Crippen molar-refractivity contribution in [3.05, 3.63) is 21.9 Å². The molecule has 0 aliphatic carbocycles. The second kappa shape index (κ2) is 6.11. The van der Waals surface area contributed by atoms with E-state index >= 15 is 0 Å². The van der Waals surface area contributed by atoms with E-state index in [2.05, 4.69) is 4.98 Å². The number of halogens is 2. The Morgan fingerprint density at radius 2 is 2.06 bits per heavy atom. The van der Waals surface area contributed by atoms with E-state index < -0.39 is 11.9 Å². The molecule has 5 nitrogen and oxygen atoms in total. The Morgan fingerprint density at radius 1 is 1.44 bits per heavy atom. The molecule has 1 aromatic heterocycles. The largest absolute Gasteiger partial charge is 0.480 e. The molecule has 18 heavy (non-hydrogen) atoms. The minimum atomic E-state index is -1.06. The summed E-state index contributed by atoms with van der Waals surface area (Å²) in [5.74, 6) is -1.33. The monoisotopic (exact) mass is 292 g/mol. The normalized spacial score (nSPS) is 10.7. The van der Waals surface area contributed by atoms with E-state index in [1.165, 1.54) is 11.0 Å². The van der Waals surface area contributed by atoms with Crippen LogP contribution >= 0.6 is 23.2 Å². The van der Waals surface area contributed by atoms with E-state index in [0.717, 1.165) is 0 Å². The maximum absolute atomic E-state index is 12.1. The zero-order chi connectivity index (χ0) is 13.9. The maximum Gasteiger partial charge on any atom is 0.323 e. The lowest BCUT2D eigenvalue weighted by Gasteiger charge is -2.22. The summed E-state index contributed by atoms with van der Waals surface area (Å²) < 4.78 is 0. The molecule has 1 amide bonds. The highest BCUT2D eigenvalue weighted by atomic mass is 35.5. The molecule has 0 aromatic carbocycles. The number of nitrogens with one attached hydrogen (secondary N) is 1. The highest BCUT2D eigenvalue weighted by Crippen LogP contribution is 2.22. The van der Waals surface area contributed by atoms with Gasteiger partial charge in [0.1, 0.15) is 17.4 Å². The molecule has 0 saturated carbocycles. The van der Waals surface area contributed by atoms with Crippen LogP contribution in [0.25, 0.3) is 0 Å². The fraction of sp³-hybridized carbons (Fsp3) is 0.455. The fourth-order valence-electron chi connectivity index (χ4n) is 1.51. The minimum absolute atomic E-state index is 0.161. The topological polar surface area (TPSA) is 73.4 Å². The average molecular weight is 293 g/mol. The van der Waals surface area contributed by atoms with E-state index in [-0.39, 0.29) is 28.3 Å². The first kappa shape index (κ1) is 14.9. The summed E-state index contributed by atoms with van der Waals surface area (Å²) >= 11 is 11.5. The molecule has 0 radical (unpaired) electrons. The van der Waals surface area contributed by atoms with Crippen molar-refractivity contribution in [1.82, 2.24) is 9.88 Å². The Labute approximate surface area is 115 Å². The lowest BCUT2D eigenvalue weighted by Crippen LogP contribution is -2.38. The Kier molecular flexibility index (Phi) is 5.04. The average Bonchev–Trinajstić information content (AvgIpc) is 2.56. The van der Waals surface area contributed by atoms with E-state index in [9.17, 15) is 9.59 Å². The van der Waals surface area contributed by atoms with Crippen LogP contribution in [0.3, 0.4) is 0 Å². The van der Waals surface area contributed by atoms with Crippen molar-refractivity contribution in [2.45, 2.75) is 13.8 Å². The molecule has 0 unspecified atom stereocenters. The molecule has 0 fully saturated rings. The number of amides is 1. The highest BCUT2D eigenvalue weighted by Gasteiger charge is 2.21. The third-order valence-corrected chi connectivity index (χ3v) is 2.85. The Balaban J connectivity index is 2.90. The van der Waals surface area contributed by atoms with Gasteiger partial charge in [0.15, 0.2) is 0 Å². The van der Waals surface area contributed by atoms with Gasteiger partial charge < -0.3 is 15.0 Å². The number of rotatable bonds is 5. The molecule has 0 atom stereocenters. The number of carboxylic acids is 1. The number of aliphatic carboxylic acids is 1. The first-order chi connectivity index (χ1) is 8.31. The van der Waals surface area contributed by atoms with Gasteiger partial charge in [-0.1, -0.05) is 37.0 Å². The van der Waals surface area contributed by atoms with Gasteiger partial charge in [-0.25, -0.2) is 0 Å². The van der Waals surface area contributed by atoms with Crippen LogP contribution in [0.1, 0.15) is 24.3 Å². The van der Waals surface area contributed by atoms with Crippen molar-refractivity contribution in [2.24, 2.45) is 5.92 Å². The van der Waals surface area contributed by atoms with Gasteiger partial charge in [-0.2, -0.15) is 0 Å². The van der Waals surface area contributed by atoms with E-state index in [4.69, 9.17) is 28.3 Å². The predicted octanol–water partition coefficient (Wildman–Crippen LogP) is 2.50. The van der Waals surface area contributed by atoms with E-state index in [1.807, 2.05) is 13.8 Å². The molecule has 2 N–H and O–H groups in total. The number of H-pyrrole nitrogens is 1. The first-order valence-corrected chi connectivity index (χ1v) is 6.12. The van der Waals surface area contributed by atoms with Crippen molar-refractivity contribution < 1.29 is 14.7 Å². The molecule has 0 spiro atoms. The zero-order valence-corrected chi connectivity index (χ0v) is 11.5. The predicted molar refractivity (Wildman–Crippen MR) is 69.2 cm³/mol. The summed E-state index contributed by atoms with van der Waals surface area (Å²) in [7, 11) is 0. The van der Waals surface area contributed by atoms with Crippen molar-refractivity contribution in [1.29, 1.82) is 0 Å². The Morgan fingerprint density at radius 3 is 2.44 bits per heavy atom. The number of hydrogen-bond acceptors (Lipinski definition) is 2. The molecule has 100 valence electrons. The second-order valence-corrected chi connectivity index (χ2v) is 5.10. The smallest absolute Gasteiger partial charge is 0.323 e. The summed E-state index contributed by atoms with van der Waals surface area (Å²) in [5, 5.41) is 9.20. The van der Waals surface area contributed by atoms with Gasteiger partial charge in [0.2, 0.25) is 0 Å². The number of carboxylic acid groups (broad SMARTS) is 1. The third kappa shape index (κ3) is 3.92. The summed E-state index contributed by atoms with van der Waals surface area (Å²) in [6, 6.07) is 1.39. The van der Waals surface area contributed by atoms with Gasteiger partial charge in [0, 0.05) is 6.54 Å². The van der Waals surface area contributed by atoms with Gasteiger partial charge >= 0.3 is 5.97 Å². The van der Waals surface area contributed by atoms with Gasteiger partial charge in [-0.15, -0.1) is 0 Å². The summed E-state index contributed by atoms with van der Waals surface area (Å²) in [5.41, 5.74) is 0.187. The van der Waals surface area contributed by atoms with Crippen molar-refractivity contribution in [3.63, 3.8) is 0 Å². The van der Waals surface area contributed by atoms with Gasteiger partial charge in [0.05, 0.1) is 5.02 Å². The molecule has 7 heteroatoms. The van der Waals surface area contributed by atoms with E-state index in [1.54, 1.807) is 0 Å². The quantitative estimate of drug-likeness (QED) is 0.876. The van der Waals surface area contributed by atoms with Gasteiger partial charge in [0.25, 0.3) is 5.91 Å². The number of hydrogen-bond donors (Lipinski definition) is 2. The van der Waals surface area contributed by atoms with Crippen molar-refractivity contribution in [2.75, 3.05) is 13.1 Å². The van der Waals surface area contributed by atoms with Crippen LogP contribution in [0, 0.1) is 5.92 Å². The third-order valence-electron chi connectivity index (χ3n) is 2.15. The minimum Gasteiger partial charge on any atom is -0.480 e. The molecule has 0 saturated heterocycles. The molecule has 1 rings (SSSR count). The van der Waals surface area contributed by atoms with Crippen molar-refractivity contribution >= 4 is 35.1 Å². The van der Waals surface area contributed by atoms with Gasteiger partial charge in [-0.05, 0) is 12.0 Å². The molecule has 0 aliphatic rings. The summed E-state index contributed by atoms with van der Waals surface area (Å²) in [4.78, 5) is 26.7. The first-order valence-electron chi connectivity index (χ1n) is 5.36. The number of carbonyl (C=O) groups excluding carboxylic acids is 1. The van der Waals surface area contributed by atoms with Crippen LogP contribution in [0.5, 0.6) is 0 Å². The number of aromatic nitrogens is 1. The molecule has 0 bridgehead atoms. The molecular formula is C11H14Cl2N2O3. The van der Waals surface area contributed by atoms with Crippen LogP contribution in [0.15, 0.2) is 6.07 Å². The summed E-state index contributed by atoms with van der Waals surface area (Å²) in [6.45, 7) is 3.79. The van der Waals surface area contributed by atoms with Gasteiger partial charge in [-0.3, -0.25) is 9.59 Å². The molecular weight excluding hydrogens is 279 g/mol. The number of carbonyl (C=O) groups is 2. The molecule has 1 heterocycles. The Hall–Kier alpha value is -1.20. The number of aromatic amines is 1. The lowest BCUT2D eigenvalue weighted by atomic mass is 10.2. The standard InChI is InChI=1S/C11H14Cl2N2O3/c1-6(2)4-15(5-9(16)17)11(18)8-3-7(12)10(13)14-8/h3,6,14H,4-5H2,1-2H3,(H,16,17). The van der Waals surface area contributed by atoms with E-state index in [0.29, 0.717) is 6.54 Å². The second-order valence-electron chi connectivity index (χ2n) is 4.32. The highest BCUT2D eigenvalue weighted by molar-refractivity contribution is 6.41. The van der Waals surface area contributed by atoms with Crippen LogP contribution < -0.4 is 0 Å². The van der Waals surface area contributed by atoms with Crippen LogP contribution in [0.4, 0.5) is 0 Å². The lowest BCUT2D eigenvalue weighted by molar-refractivity contribution is -0.137. The molecule has 0 aliphatic heterocycles. The van der Waals surface area contributed by atoms with Crippen molar-refractivity contribution in [3.8, 4) is 0 Å². The fourth-order valence-corrected chi connectivity index (χ4v) is 1.83. The summed E-state index contributed by atoms with van der Waals surface area (Å²) in [6.07, 6.45) is 0. The SMILES string of the molecule is CC(C)CN(CC(=O)O)C(=O)c1cc(Cl)c(Cl)[nH]1. The maximum atomic E-state index is 12.1. The Bertz CT molecular complexity index is 438. The molecule has 1 aromatic rings. The van der Waals surface area contributed by atoms with Crippen LogP contribution in [-0.2, 0) is 4.79 Å². The van der Waals surface area contributed by atoms with Crippen LogP contribution in [0.2, 0.25) is 10.2 Å². The van der Waals surface area contributed by atoms with Crippen LogP contribution in [-0.4, -0.2) is 40.0 Å².